The molecule has 2 heterocycles. The Morgan fingerprint density at radius 1 is 1.14 bits per heavy atom. The fourth-order valence-corrected chi connectivity index (χ4v) is 5.51. The molecule has 2 aromatic heterocycles. The zero-order valence-electron chi connectivity index (χ0n) is 23.4. The van der Waals surface area contributed by atoms with Crippen LogP contribution >= 0.6 is 0 Å². The normalized spacial score (nSPS) is 20.9. The number of allylic oxidation sites excluding steroid dienone is 3. The standard InChI is InChI=1S/C29H35N9O4/c1-38-16-23(27(40)33-29(38)42)19-6-2-17(3-7-19)14-24(32-26(39)21-8-4-18(15-30)5-9-21)28(41)31-22-12-10-20(11-13-22)25-34-36-37-35-25/h2-3,6,10-13,16,18-19,21,24H,4-5,7-9,14-15,30H2,1H3,(H,31,41)(H,32,39)(H,33,40,42)(H,34,35,36,37)/t18?,19?,21?,24-/m0/s1. The van der Waals surface area contributed by atoms with E-state index < -0.39 is 17.3 Å². The van der Waals surface area contributed by atoms with Crippen LogP contribution in [0.5, 0.6) is 0 Å². The largest absolute Gasteiger partial charge is 0.344 e. The molecule has 5 rings (SSSR count). The highest BCUT2D eigenvalue weighted by atomic mass is 16.2. The van der Waals surface area contributed by atoms with Gasteiger partial charge in [0, 0.05) is 48.3 Å². The van der Waals surface area contributed by atoms with E-state index in [1.54, 1.807) is 37.5 Å². The molecule has 220 valence electrons. The van der Waals surface area contributed by atoms with Gasteiger partial charge in [-0.3, -0.25) is 19.4 Å². The minimum Gasteiger partial charge on any atom is -0.344 e. The lowest BCUT2D eigenvalue weighted by atomic mass is 9.81. The number of anilines is 1. The molecule has 2 aliphatic rings. The highest BCUT2D eigenvalue weighted by molar-refractivity contribution is 5.97. The van der Waals surface area contributed by atoms with Crippen LogP contribution in [0.1, 0.15) is 50.0 Å². The van der Waals surface area contributed by atoms with Crippen molar-refractivity contribution in [1.82, 2.24) is 35.5 Å². The Labute approximate surface area is 241 Å². The number of amides is 2. The van der Waals surface area contributed by atoms with Crippen LogP contribution in [-0.4, -0.2) is 54.6 Å². The number of hydrogen-bond donors (Lipinski definition) is 5. The van der Waals surface area contributed by atoms with Crippen molar-refractivity contribution in [1.29, 1.82) is 0 Å². The Kier molecular flexibility index (Phi) is 8.86. The minimum atomic E-state index is -0.810. The number of aromatic amines is 2. The summed E-state index contributed by atoms with van der Waals surface area (Å²) in [6.07, 6.45) is 11.4. The van der Waals surface area contributed by atoms with E-state index in [4.69, 9.17) is 5.73 Å². The third-order valence-electron chi connectivity index (χ3n) is 8.09. The van der Waals surface area contributed by atoms with Gasteiger partial charge in [0.05, 0.1) is 0 Å². The number of tetrazole rings is 1. The molecule has 13 nitrogen and oxygen atoms in total. The summed E-state index contributed by atoms with van der Waals surface area (Å²) in [6.45, 7) is 0.623. The molecular weight excluding hydrogens is 538 g/mol. The molecule has 1 unspecified atom stereocenters. The van der Waals surface area contributed by atoms with Gasteiger partial charge in [0.25, 0.3) is 5.56 Å². The second-order valence-corrected chi connectivity index (χ2v) is 11.0. The Balaban J connectivity index is 1.29. The number of nitrogens with two attached hydrogens (primary N) is 1. The van der Waals surface area contributed by atoms with E-state index in [0.717, 1.165) is 36.8 Å². The smallest absolute Gasteiger partial charge is 0.328 e. The summed E-state index contributed by atoms with van der Waals surface area (Å²) in [5, 5.41) is 19.8. The zero-order chi connectivity index (χ0) is 29.6. The second kappa shape index (κ2) is 12.9. The fourth-order valence-electron chi connectivity index (χ4n) is 5.51. The lowest BCUT2D eigenvalue weighted by Crippen LogP contribution is -2.47. The first-order valence-corrected chi connectivity index (χ1v) is 14.1. The molecule has 0 aliphatic heterocycles. The Hall–Kier alpha value is -4.65. The van der Waals surface area contributed by atoms with Gasteiger partial charge in [0.2, 0.25) is 17.6 Å². The predicted octanol–water partition coefficient (Wildman–Crippen LogP) is 1.50. The van der Waals surface area contributed by atoms with Crippen LogP contribution in [0.4, 0.5) is 5.69 Å². The Morgan fingerprint density at radius 2 is 1.90 bits per heavy atom. The molecular formula is C29H35N9O4. The number of nitrogens with zero attached hydrogens (tertiary/aromatic N) is 4. The van der Waals surface area contributed by atoms with Crippen LogP contribution in [0.2, 0.25) is 0 Å². The van der Waals surface area contributed by atoms with Crippen molar-refractivity contribution in [3.63, 3.8) is 0 Å². The second-order valence-electron chi connectivity index (χ2n) is 11.0. The van der Waals surface area contributed by atoms with E-state index in [1.165, 1.54) is 4.57 Å². The van der Waals surface area contributed by atoms with Crippen molar-refractivity contribution >= 4 is 17.5 Å². The summed E-state index contributed by atoms with van der Waals surface area (Å²) in [7, 11) is 1.59. The van der Waals surface area contributed by atoms with E-state index in [2.05, 4.69) is 36.2 Å². The zero-order valence-corrected chi connectivity index (χ0v) is 23.4. The number of benzene rings is 1. The van der Waals surface area contributed by atoms with Gasteiger partial charge in [-0.1, -0.05) is 18.2 Å². The van der Waals surface area contributed by atoms with Crippen molar-refractivity contribution in [2.24, 2.45) is 24.6 Å². The van der Waals surface area contributed by atoms with Gasteiger partial charge < -0.3 is 20.9 Å². The topological polar surface area (TPSA) is 194 Å². The molecule has 0 radical (unpaired) electrons. The molecule has 2 aliphatic carbocycles. The summed E-state index contributed by atoms with van der Waals surface area (Å²) in [6, 6.07) is 6.22. The van der Waals surface area contributed by atoms with E-state index in [1.807, 2.05) is 18.2 Å². The maximum atomic E-state index is 13.5. The number of carbonyl (C=O) groups excluding carboxylic acids is 2. The Bertz CT molecular complexity index is 1580. The number of carbonyl (C=O) groups is 2. The highest BCUT2D eigenvalue weighted by Crippen LogP contribution is 2.29. The number of hydrogen-bond acceptors (Lipinski definition) is 8. The molecule has 13 heteroatoms. The first-order chi connectivity index (χ1) is 20.3. The summed E-state index contributed by atoms with van der Waals surface area (Å²) in [5.74, 6) is 0.0470. The lowest BCUT2D eigenvalue weighted by Gasteiger charge is -2.29. The van der Waals surface area contributed by atoms with Gasteiger partial charge in [-0.25, -0.2) is 4.79 Å². The molecule has 0 spiro atoms. The van der Waals surface area contributed by atoms with E-state index in [0.29, 0.717) is 36.0 Å². The van der Waals surface area contributed by atoms with Crippen molar-refractivity contribution in [2.75, 3.05) is 11.9 Å². The SMILES string of the molecule is Cn1cc(C2C=CC(C[C@H](NC(=O)C3CCC(CN)CC3)C(=O)Nc3ccc(-c4nn[nH]n4)cc3)=CC2)c(=O)[nH]c1=O. The maximum Gasteiger partial charge on any atom is 0.328 e. The number of aryl methyl sites for hydroxylation is 1. The van der Waals surface area contributed by atoms with Gasteiger partial charge in [-0.05, 0) is 79.6 Å². The monoisotopic (exact) mass is 573 g/mol. The van der Waals surface area contributed by atoms with Gasteiger partial charge in [-0.2, -0.15) is 5.21 Å². The molecule has 1 aromatic carbocycles. The van der Waals surface area contributed by atoms with Gasteiger partial charge >= 0.3 is 5.69 Å². The molecule has 2 atom stereocenters. The molecule has 6 N–H and O–H groups in total. The maximum absolute atomic E-state index is 13.5. The van der Waals surface area contributed by atoms with Crippen LogP contribution in [-0.2, 0) is 16.6 Å². The van der Waals surface area contributed by atoms with Crippen molar-refractivity contribution in [3.05, 3.63) is 80.7 Å². The van der Waals surface area contributed by atoms with Crippen LogP contribution < -0.4 is 27.6 Å². The number of H-pyrrole nitrogens is 2. The predicted molar refractivity (Wildman–Crippen MR) is 156 cm³/mol. The number of nitrogens with one attached hydrogen (secondary N) is 4. The highest BCUT2D eigenvalue weighted by Gasteiger charge is 2.30. The van der Waals surface area contributed by atoms with E-state index in [-0.39, 0.29) is 30.1 Å². The van der Waals surface area contributed by atoms with Crippen molar-refractivity contribution < 1.29 is 9.59 Å². The summed E-state index contributed by atoms with van der Waals surface area (Å²) < 4.78 is 1.34. The summed E-state index contributed by atoms with van der Waals surface area (Å²) >= 11 is 0. The molecule has 1 fully saturated rings. The van der Waals surface area contributed by atoms with Gasteiger partial charge in [0.1, 0.15) is 6.04 Å². The van der Waals surface area contributed by atoms with E-state index >= 15 is 0 Å². The third kappa shape index (κ3) is 6.79. The van der Waals surface area contributed by atoms with E-state index in [9.17, 15) is 19.2 Å². The van der Waals surface area contributed by atoms with Crippen molar-refractivity contribution in [2.45, 2.75) is 50.5 Å². The van der Waals surface area contributed by atoms with Crippen molar-refractivity contribution in [3.8, 4) is 11.4 Å². The average Bonchev–Trinajstić information content (AvgIpc) is 3.55. The fraction of sp³-hybridized carbons (Fsp3) is 0.414. The van der Waals surface area contributed by atoms with Gasteiger partial charge in [0.15, 0.2) is 0 Å². The first-order valence-electron chi connectivity index (χ1n) is 14.1. The third-order valence-corrected chi connectivity index (χ3v) is 8.09. The average molecular weight is 574 g/mol. The first kappa shape index (κ1) is 28.9. The summed E-state index contributed by atoms with van der Waals surface area (Å²) in [5.41, 5.74) is 7.60. The molecule has 2 amide bonds. The van der Waals surface area contributed by atoms with Gasteiger partial charge in [-0.15, -0.1) is 10.2 Å². The molecule has 0 bridgehead atoms. The number of aromatic nitrogens is 6. The molecule has 3 aromatic rings. The minimum absolute atomic E-state index is 0.131. The van der Waals surface area contributed by atoms with Crippen LogP contribution in [0.15, 0.2) is 63.9 Å². The van der Waals surface area contributed by atoms with Crippen LogP contribution in [0, 0.1) is 11.8 Å². The quantitative estimate of drug-likeness (QED) is 0.254. The lowest BCUT2D eigenvalue weighted by molar-refractivity contribution is -0.130. The number of rotatable bonds is 9. The molecule has 42 heavy (non-hydrogen) atoms. The Morgan fingerprint density at radius 3 is 2.55 bits per heavy atom. The van der Waals surface area contributed by atoms with Crippen LogP contribution in [0.3, 0.4) is 0 Å². The van der Waals surface area contributed by atoms with Crippen LogP contribution in [0.25, 0.3) is 11.4 Å². The molecule has 0 saturated heterocycles. The summed E-state index contributed by atoms with van der Waals surface area (Å²) in [4.78, 5) is 53.2. The molecule has 1 saturated carbocycles.